The van der Waals surface area contributed by atoms with Crippen molar-refractivity contribution in [1.82, 2.24) is 4.98 Å². The fourth-order valence-corrected chi connectivity index (χ4v) is 3.51. The van der Waals surface area contributed by atoms with Crippen molar-refractivity contribution in [2.75, 3.05) is 5.32 Å². The summed E-state index contributed by atoms with van der Waals surface area (Å²) in [5, 5.41) is 3.36. The van der Waals surface area contributed by atoms with Crippen molar-refractivity contribution in [2.24, 2.45) is 5.73 Å². The van der Waals surface area contributed by atoms with Crippen LogP contribution in [0.3, 0.4) is 0 Å². The second-order valence-electron chi connectivity index (χ2n) is 4.22. The lowest BCUT2D eigenvalue weighted by Gasteiger charge is -2.09. The van der Waals surface area contributed by atoms with Crippen molar-refractivity contribution in [1.29, 1.82) is 0 Å². The van der Waals surface area contributed by atoms with Gasteiger partial charge in [0.05, 0.1) is 15.7 Å². The predicted molar refractivity (Wildman–Crippen MR) is 92.9 cm³/mol. The minimum Gasteiger partial charge on any atom is -0.389 e. The summed E-state index contributed by atoms with van der Waals surface area (Å²) in [5.74, 6) is 0. The lowest BCUT2D eigenvalue weighted by Crippen LogP contribution is -2.10. The highest BCUT2D eigenvalue weighted by atomic mass is 79.9. The molecule has 0 fully saturated rings. The van der Waals surface area contributed by atoms with Gasteiger partial charge in [0.2, 0.25) is 0 Å². The number of fused-ring (bicyclic) bond motifs is 1. The number of anilines is 2. The summed E-state index contributed by atoms with van der Waals surface area (Å²) in [6.07, 6.45) is 0. The highest BCUT2D eigenvalue weighted by Gasteiger charge is 2.05. The van der Waals surface area contributed by atoms with Gasteiger partial charge in [0.1, 0.15) is 4.99 Å². The fourth-order valence-electron chi connectivity index (χ4n) is 1.89. The molecule has 0 amide bonds. The summed E-state index contributed by atoms with van der Waals surface area (Å²) in [6, 6.07) is 11.9. The summed E-state index contributed by atoms with van der Waals surface area (Å²) in [6.45, 7) is 0. The second kappa shape index (κ2) is 5.47. The average Bonchev–Trinajstić information content (AvgIpc) is 2.85. The van der Waals surface area contributed by atoms with Crippen LogP contribution in [0, 0.1) is 0 Å². The second-order valence-corrected chi connectivity index (χ2v) is 6.40. The van der Waals surface area contributed by atoms with Crippen molar-refractivity contribution < 1.29 is 0 Å². The summed E-state index contributed by atoms with van der Waals surface area (Å²) < 4.78 is 2.04. The third-order valence-corrected chi connectivity index (χ3v) is 4.52. The van der Waals surface area contributed by atoms with E-state index >= 15 is 0 Å². The molecule has 3 N–H and O–H groups in total. The minimum absolute atomic E-state index is 0.384. The largest absolute Gasteiger partial charge is 0.389 e. The Morgan fingerprint density at radius 1 is 1.20 bits per heavy atom. The van der Waals surface area contributed by atoms with E-state index in [0.717, 1.165) is 31.6 Å². The Balaban J connectivity index is 1.90. The Bertz CT molecular complexity index is 798. The van der Waals surface area contributed by atoms with Crippen LogP contribution in [-0.4, -0.2) is 9.97 Å². The van der Waals surface area contributed by atoms with E-state index in [9.17, 15) is 0 Å². The first-order chi connectivity index (χ1) is 9.63. The molecule has 0 unspecified atom stereocenters. The molecule has 3 nitrogen and oxygen atoms in total. The molecule has 0 atom stereocenters. The van der Waals surface area contributed by atoms with E-state index in [1.54, 1.807) is 11.3 Å². The van der Waals surface area contributed by atoms with Crippen LogP contribution in [0.1, 0.15) is 5.56 Å². The van der Waals surface area contributed by atoms with Gasteiger partial charge in [-0.25, -0.2) is 4.98 Å². The normalized spacial score (nSPS) is 10.7. The van der Waals surface area contributed by atoms with Crippen LogP contribution in [0.25, 0.3) is 10.2 Å². The molecule has 2 aromatic carbocycles. The number of halogens is 1. The van der Waals surface area contributed by atoms with Gasteiger partial charge in [0, 0.05) is 21.4 Å². The molecular weight excluding hydrogens is 354 g/mol. The van der Waals surface area contributed by atoms with Gasteiger partial charge in [0.25, 0.3) is 0 Å². The highest BCUT2D eigenvalue weighted by Crippen LogP contribution is 2.27. The van der Waals surface area contributed by atoms with Gasteiger partial charge in [-0.1, -0.05) is 12.2 Å². The van der Waals surface area contributed by atoms with Gasteiger partial charge in [-0.15, -0.1) is 11.3 Å². The monoisotopic (exact) mass is 363 g/mol. The molecule has 0 radical (unpaired) electrons. The van der Waals surface area contributed by atoms with E-state index in [1.165, 1.54) is 0 Å². The van der Waals surface area contributed by atoms with Gasteiger partial charge in [-0.2, -0.15) is 0 Å². The molecule has 0 aliphatic carbocycles. The van der Waals surface area contributed by atoms with Crippen LogP contribution in [0.15, 0.2) is 46.4 Å². The number of hydrogen-bond donors (Lipinski definition) is 2. The zero-order valence-electron chi connectivity index (χ0n) is 10.3. The van der Waals surface area contributed by atoms with Crippen LogP contribution in [-0.2, 0) is 0 Å². The van der Waals surface area contributed by atoms with Crippen LogP contribution in [0.4, 0.5) is 11.4 Å². The zero-order valence-corrected chi connectivity index (χ0v) is 13.5. The van der Waals surface area contributed by atoms with Gasteiger partial charge >= 0.3 is 0 Å². The summed E-state index contributed by atoms with van der Waals surface area (Å²) in [5.41, 5.74) is 11.3. The maximum Gasteiger partial charge on any atom is 0.105 e. The molecule has 1 heterocycles. The predicted octanol–water partition coefficient (Wildman–Crippen LogP) is 4.44. The quantitative estimate of drug-likeness (QED) is 0.675. The third kappa shape index (κ3) is 2.67. The molecule has 1 aromatic heterocycles. The van der Waals surface area contributed by atoms with E-state index < -0.39 is 0 Å². The van der Waals surface area contributed by atoms with E-state index in [-0.39, 0.29) is 0 Å². The topological polar surface area (TPSA) is 50.9 Å². The van der Waals surface area contributed by atoms with Gasteiger partial charge in [-0.05, 0) is 52.3 Å². The standard InChI is InChI=1S/C14H10BrN3S2/c15-11-5-8(1-3-10(11)14(16)19)18-9-2-4-12-13(6-9)20-7-17-12/h1-7,18H,(H2,16,19). The molecule has 0 saturated carbocycles. The lowest BCUT2D eigenvalue weighted by molar-refractivity contribution is 1.49. The zero-order chi connectivity index (χ0) is 14.1. The first-order valence-corrected chi connectivity index (χ1v) is 7.91. The number of aromatic nitrogens is 1. The Hall–Kier alpha value is -1.50. The molecule has 20 heavy (non-hydrogen) atoms. The van der Waals surface area contributed by atoms with Crippen molar-refractivity contribution in [3.8, 4) is 0 Å². The Kier molecular flexibility index (Phi) is 3.69. The minimum atomic E-state index is 0.384. The molecule has 0 saturated heterocycles. The maximum atomic E-state index is 5.64. The average molecular weight is 364 g/mol. The number of thiocarbonyl (C=S) groups is 1. The van der Waals surface area contributed by atoms with Gasteiger partial charge in [0.15, 0.2) is 0 Å². The number of rotatable bonds is 3. The van der Waals surface area contributed by atoms with Gasteiger partial charge < -0.3 is 11.1 Å². The van der Waals surface area contributed by atoms with Crippen molar-refractivity contribution in [3.05, 3.63) is 51.9 Å². The molecule has 3 rings (SSSR count). The maximum absolute atomic E-state index is 5.64. The van der Waals surface area contributed by atoms with Crippen molar-refractivity contribution in [3.63, 3.8) is 0 Å². The molecule has 6 heteroatoms. The Labute approximate surface area is 134 Å². The van der Waals surface area contributed by atoms with Crippen molar-refractivity contribution in [2.45, 2.75) is 0 Å². The first-order valence-electron chi connectivity index (χ1n) is 5.83. The number of nitrogens with zero attached hydrogens (tertiary/aromatic N) is 1. The Morgan fingerprint density at radius 2 is 1.95 bits per heavy atom. The number of thiazole rings is 1. The molecule has 0 bridgehead atoms. The molecule has 0 aliphatic heterocycles. The smallest absolute Gasteiger partial charge is 0.105 e. The first kappa shape index (κ1) is 13.5. The van der Waals surface area contributed by atoms with Crippen LogP contribution >= 0.6 is 39.5 Å². The molecule has 0 aliphatic rings. The van der Waals surface area contributed by atoms with E-state index in [4.69, 9.17) is 18.0 Å². The number of hydrogen-bond acceptors (Lipinski definition) is 4. The molecular formula is C14H10BrN3S2. The van der Waals surface area contributed by atoms with Crippen LogP contribution in [0.5, 0.6) is 0 Å². The van der Waals surface area contributed by atoms with E-state index in [2.05, 4.69) is 32.3 Å². The number of benzene rings is 2. The number of nitrogens with one attached hydrogen (secondary N) is 1. The molecule has 0 spiro atoms. The summed E-state index contributed by atoms with van der Waals surface area (Å²) in [4.78, 5) is 4.65. The van der Waals surface area contributed by atoms with Gasteiger partial charge in [-0.3, -0.25) is 0 Å². The molecule has 100 valence electrons. The third-order valence-electron chi connectivity index (χ3n) is 2.85. The van der Waals surface area contributed by atoms with Crippen LogP contribution < -0.4 is 11.1 Å². The number of nitrogens with two attached hydrogens (primary N) is 1. The van der Waals surface area contributed by atoms with Crippen molar-refractivity contribution >= 4 is 66.1 Å². The summed E-state index contributed by atoms with van der Waals surface area (Å²) >= 11 is 10.1. The van der Waals surface area contributed by atoms with E-state index in [0.29, 0.717) is 4.99 Å². The van der Waals surface area contributed by atoms with Crippen LogP contribution in [0.2, 0.25) is 0 Å². The SMILES string of the molecule is NC(=S)c1ccc(Nc2ccc3ncsc3c2)cc1Br. The lowest BCUT2D eigenvalue weighted by atomic mass is 10.2. The van der Waals surface area contributed by atoms with E-state index in [1.807, 2.05) is 35.8 Å². The highest BCUT2D eigenvalue weighted by molar-refractivity contribution is 9.10. The summed E-state index contributed by atoms with van der Waals surface area (Å²) in [7, 11) is 0. The molecule has 3 aromatic rings. The Morgan fingerprint density at radius 3 is 2.70 bits per heavy atom. The fraction of sp³-hybridized carbons (Fsp3) is 0.